The van der Waals surface area contributed by atoms with Crippen molar-refractivity contribution in [2.24, 2.45) is 0 Å². The Morgan fingerprint density at radius 1 is 1.03 bits per heavy atom. The summed E-state index contributed by atoms with van der Waals surface area (Å²) in [5, 5.41) is 13.6. The second-order valence-electron chi connectivity index (χ2n) is 6.43. The van der Waals surface area contributed by atoms with Crippen LogP contribution in [0.2, 0.25) is 0 Å². The minimum absolute atomic E-state index is 0.0167. The van der Waals surface area contributed by atoms with E-state index in [1.807, 2.05) is 31.2 Å². The predicted molar refractivity (Wildman–Crippen MR) is 110 cm³/mol. The molecule has 1 amide bonds. The van der Waals surface area contributed by atoms with Gasteiger partial charge in [-0.05, 0) is 48.4 Å². The van der Waals surface area contributed by atoms with Crippen LogP contribution in [0.25, 0.3) is 0 Å². The smallest absolute Gasteiger partial charge is 0.339 e. The average molecular weight is 426 g/mol. The van der Waals surface area contributed by atoms with Gasteiger partial charge in [0.1, 0.15) is 10.6 Å². The summed E-state index contributed by atoms with van der Waals surface area (Å²) in [6.45, 7) is 2.32. The highest BCUT2D eigenvalue weighted by molar-refractivity contribution is 7.87. The fourth-order valence-corrected chi connectivity index (χ4v) is 3.65. The third-order valence-corrected chi connectivity index (χ3v) is 5.58. The van der Waals surface area contributed by atoms with E-state index in [-0.39, 0.29) is 22.2 Å². The molecule has 0 radical (unpaired) electrons. The Labute approximate surface area is 173 Å². The number of carbonyl (C=O) groups is 1. The highest BCUT2D eigenvalue weighted by atomic mass is 32.2. The summed E-state index contributed by atoms with van der Waals surface area (Å²) in [7, 11) is -4.26. The van der Waals surface area contributed by atoms with Gasteiger partial charge in [0.2, 0.25) is 0 Å². The van der Waals surface area contributed by atoms with Crippen molar-refractivity contribution >= 4 is 21.7 Å². The molecule has 1 N–H and O–H groups in total. The molecule has 154 valence electrons. The van der Waals surface area contributed by atoms with Crippen LogP contribution in [0, 0.1) is 17.0 Å². The lowest BCUT2D eigenvalue weighted by molar-refractivity contribution is -0.385. The summed E-state index contributed by atoms with van der Waals surface area (Å²) in [5.41, 5.74) is 2.03. The molecule has 0 atom stereocenters. The fourth-order valence-electron chi connectivity index (χ4n) is 2.68. The molecule has 0 fully saturated rings. The lowest BCUT2D eigenvalue weighted by atomic mass is 10.1. The van der Waals surface area contributed by atoms with E-state index in [2.05, 4.69) is 5.32 Å². The SMILES string of the molecule is Cc1ccccc1CNC(=O)c1ccc(OS(=O)(=O)c2cccc([N+](=O)[O-])c2)cc1. The Balaban J connectivity index is 1.68. The molecule has 3 aromatic carbocycles. The van der Waals surface area contributed by atoms with Crippen LogP contribution in [0.4, 0.5) is 5.69 Å². The van der Waals surface area contributed by atoms with E-state index in [1.165, 1.54) is 42.5 Å². The number of carbonyl (C=O) groups excluding carboxylic acids is 1. The molecule has 0 aliphatic carbocycles. The van der Waals surface area contributed by atoms with E-state index in [9.17, 15) is 23.3 Å². The standard InChI is InChI=1S/C21H18N2O6S/c1-15-5-2-3-6-17(15)14-22-21(24)16-9-11-19(12-10-16)29-30(27,28)20-8-4-7-18(13-20)23(25)26/h2-13H,14H2,1H3,(H,22,24). The number of rotatable bonds is 7. The van der Waals surface area contributed by atoms with Gasteiger partial charge in [-0.1, -0.05) is 30.3 Å². The van der Waals surface area contributed by atoms with Gasteiger partial charge in [0.05, 0.1) is 4.92 Å². The molecular formula is C21H18N2O6S. The van der Waals surface area contributed by atoms with Crippen LogP contribution in [-0.4, -0.2) is 19.2 Å². The maximum atomic E-state index is 12.4. The first-order chi connectivity index (χ1) is 14.3. The molecule has 30 heavy (non-hydrogen) atoms. The van der Waals surface area contributed by atoms with E-state index in [0.717, 1.165) is 17.2 Å². The van der Waals surface area contributed by atoms with Crippen LogP contribution < -0.4 is 9.50 Å². The molecule has 0 heterocycles. The van der Waals surface area contributed by atoms with E-state index >= 15 is 0 Å². The van der Waals surface area contributed by atoms with Gasteiger partial charge in [-0.25, -0.2) is 0 Å². The second-order valence-corrected chi connectivity index (χ2v) is 7.97. The fraction of sp³-hybridized carbons (Fsp3) is 0.0952. The van der Waals surface area contributed by atoms with Gasteiger partial charge >= 0.3 is 10.1 Å². The molecule has 0 aliphatic rings. The molecule has 0 aromatic heterocycles. The quantitative estimate of drug-likeness (QED) is 0.351. The molecule has 9 heteroatoms. The summed E-state index contributed by atoms with van der Waals surface area (Å²) in [6, 6.07) is 17.8. The third-order valence-electron chi connectivity index (χ3n) is 4.34. The summed E-state index contributed by atoms with van der Waals surface area (Å²) < 4.78 is 29.7. The maximum absolute atomic E-state index is 12.4. The first-order valence-electron chi connectivity index (χ1n) is 8.88. The Morgan fingerprint density at radius 3 is 2.40 bits per heavy atom. The molecule has 0 saturated heterocycles. The topological polar surface area (TPSA) is 116 Å². The zero-order valence-corrected chi connectivity index (χ0v) is 16.8. The van der Waals surface area contributed by atoms with Gasteiger partial charge in [0.25, 0.3) is 11.6 Å². The van der Waals surface area contributed by atoms with Gasteiger partial charge in [-0.15, -0.1) is 0 Å². The number of nitro groups is 1. The van der Waals surface area contributed by atoms with Crippen LogP contribution >= 0.6 is 0 Å². The minimum Gasteiger partial charge on any atom is -0.379 e. The van der Waals surface area contributed by atoms with Crippen molar-refractivity contribution in [2.75, 3.05) is 0 Å². The number of benzene rings is 3. The molecular weight excluding hydrogens is 408 g/mol. The number of hydrogen-bond acceptors (Lipinski definition) is 6. The van der Waals surface area contributed by atoms with Crippen molar-refractivity contribution in [3.8, 4) is 5.75 Å². The lowest BCUT2D eigenvalue weighted by Gasteiger charge is -2.09. The molecule has 3 rings (SSSR count). The monoisotopic (exact) mass is 426 g/mol. The van der Waals surface area contributed by atoms with E-state index in [1.54, 1.807) is 0 Å². The number of nitro benzene ring substituents is 1. The summed E-state index contributed by atoms with van der Waals surface area (Å²) in [6.07, 6.45) is 0. The molecule has 0 bridgehead atoms. The van der Waals surface area contributed by atoms with Crippen LogP contribution in [0.15, 0.2) is 77.7 Å². The normalized spacial score (nSPS) is 11.0. The Hall–Kier alpha value is -3.72. The van der Waals surface area contributed by atoms with Crippen LogP contribution in [0.3, 0.4) is 0 Å². The van der Waals surface area contributed by atoms with E-state index in [0.29, 0.717) is 12.1 Å². The van der Waals surface area contributed by atoms with Crippen molar-refractivity contribution in [2.45, 2.75) is 18.4 Å². The number of nitrogens with zero attached hydrogens (tertiary/aromatic N) is 1. The van der Waals surface area contributed by atoms with Crippen molar-refractivity contribution in [1.82, 2.24) is 5.32 Å². The molecule has 0 saturated carbocycles. The van der Waals surface area contributed by atoms with Gasteiger partial charge in [0, 0.05) is 24.2 Å². The summed E-state index contributed by atoms with van der Waals surface area (Å²) in [4.78, 5) is 22.1. The van der Waals surface area contributed by atoms with E-state index < -0.39 is 15.0 Å². The summed E-state index contributed by atoms with van der Waals surface area (Å²) >= 11 is 0. The highest BCUT2D eigenvalue weighted by Crippen LogP contribution is 2.22. The number of aryl methyl sites for hydroxylation is 1. The maximum Gasteiger partial charge on any atom is 0.339 e. The lowest BCUT2D eigenvalue weighted by Crippen LogP contribution is -2.23. The number of hydrogen-bond donors (Lipinski definition) is 1. The molecule has 0 aliphatic heterocycles. The average Bonchev–Trinajstić information content (AvgIpc) is 2.73. The minimum atomic E-state index is -4.26. The van der Waals surface area contributed by atoms with Crippen LogP contribution in [-0.2, 0) is 16.7 Å². The number of amides is 1. The van der Waals surface area contributed by atoms with Crippen molar-refractivity contribution in [1.29, 1.82) is 0 Å². The molecule has 0 spiro atoms. The largest absolute Gasteiger partial charge is 0.379 e. The third kappa shape index (κ3) is 5.00. The zero-order chi connectivity index (χ0) is 21.7. The first-order valence-corrected chi connectivity index (χ1v) is 10.3. The number of non-ortho nitro benzene ring substituents is 1. The van der Waals surface area contributed by atoms with Crippen molar-refractivity contribution in [3.05, 3.63) is 99.6 Å². The number of nitrogens with one attached hydrogen (secondary N) is 1. The second kappa shape index (κ2) is 8.75. The molecule has 3 aromatic rings. The van der Waals surface area contributed by atoms with E-state index in [4.69, 9.17) is 4.18 Å². The van der Waals surface area contributed by atoms with Crippen molar-refractivity contribution in [3.63, 3.8) is 0 Å². The Morgan fingerprint density at radius 2 is 1.73 bits per heavy atom. The molecule has 8 nitrogen and oxygen atoms in total. The van der Waals surface area contributed by atoms with Gasteiger partial charge in [-0.2, -0.15) is 8.42 Å². The summed E-state index contributed by atoms with van der Waals surface area (Å²) in [5.74, 6) is -0.330. The van der Waals surface area contributed by atoms with Gasteiger partial charge in [-0.3, -0.25) is 14.9 Å². The van der Waals surface area contributed by atoms with Crippen LogP contribution in [0.1, 0.15) is 21.5 Å². The van der Waals surface area contributed by atoms with Crippen LogP contribution in [0.5, 0.6) is 5.75 Å². The Bertz CT molecular complexity index is 1190. The Kier molecular flexibility index (Phi) is 6.12. The highest BCUT2D eigenvalue weighted by Gasteiger charge is 2.20. The molecule has 0 unspecified atom stereocenters. The van der Waals surface area contributed by atoms with Gasteiger partial charge in [0.15, 0.2) is 0 Å². The first kappa shape index (κ1) is 21.0. The zero-order valence-electron chi connectivity index (χ0n) is 15.9. The van der Waals surface area contributed by atoms with Crippen molar-refractivity contribution < 1.29 is 22.3 Å². The predicted octanol–water partition coefficient (Wildman–Crippen LogP) is 3.60. The van der Waals surface area contributed by atoms with Gasteiger partial charge < -0.3 is 9.50 Å².